The molecule has 1 atom stereocenters. The summed E-state index contributed by atoms with van der Waals surface area (Å²) in [5.74, 6) is -2.08. The Bertz CT molecular complexity index is 863. The highest BCUT2D eigenvalue weighted by Crippen LogP contribution is 2.28. The van der Waals surface area contributed by atoms with Crippen molar-refractivity contribution in [3.8, 4) is 0 Å². The molecule has 0 aliphatic carbocycles. The first-order chi connectivity index (χ1) is 12.4. The van der Waals surface area contributed by atoms with Gasteiger partial charge in [-0.3, -0.25) is 14.4 Å². The van der Waals surface area contributed by atoms with Gasteiger partial charge < -0.3 is 19.9 Å². The third-order valence-electron chi connectivity index (χ3n) is 4.70. The van der Waals surface area contributed by atoms with Gasteiger partial charge in [-0.15, -0.1) is 0 Å². The van der Waals surface area contributed by atoms with Crippen LogP contribution in [0.2, 0.25) is 5.02 Å². The molecule has 3 rings (SSSR count). The molecule has 2 heterocycles. The van der Waals surface area contributed by atoms with E-state index in [0.717, 1.165) is 10.9 Å². The number of hydrogen-bond donors (Lipinski definition) is 2. The van der Waals surface area contributed by atoms with E-state index in [9.17, 15) is 14.4 Å². The Morgan fingerprint density at radius 2 is 2.08 bits per heavy atom. The summed E-state index contributed by atoms with van der Waals surface area (Å²) in [6.07, 6.45) is 1.22. The Morgan fingerprint density at radius 3 is 2.77 bits per heavy atom. The molecule has 0 saturated carbocycles. The first kappa shape index (κ1) is 18.3. The minimum Gasteiger partial charge on any atom is -0.481 e. The number of halogens is 1. The number of para-hydroxylation sites is 1. The standard InChI is InChI=1S/C18H20ClN3O4/c1-21(10-14(23)22-8-4-5-11(9-22)18(25)26)17(24)16-15(19)12-6-2-3-7-13(12)20-16/h2-3,6-7,11,20H,4-5,8-10H2,1H3,(H,25,26). The van der Waals surface area contributed by atoms with Crippen molar-refractivity contribution in [2.45, 2.75) is 12.8 Å². The Balaban J connectivity index is 1.69. The van der Waals surface area contributed by atoms with Crippen molar-refractivity contribution in [3.05, 3.63) is 35.0 Å². The quantitative estimate of drug-likeness (QED) is 0.854. The second-order valence-corrected chi connectivity index (χ2v) is 6.92. The number of nitrogens with zero attached hydrogens (tertiary/aromatic N) is 2. The Morgan fingerprint density at radius 1 is 1.35 bits per heavy atom. The second kappa shape index (κ2) is 7.37. The molecule has 1 aromatic heterocycles. The van der Waals surface area contributed by atoms with Crippen LogP contribution in [-0.4, -0.2) is 64.4 Å². The van der Waals surface area contributed by atoms with Crippen LogP contribution < -0.4 is 0 Å². The van der Waals surface area contributed by atoms with Crippen molar-refractivity contribution in [2.75, 3.05) is 26.7 Å². The smallest absolute Gasteiger partial charge is 0.308 e. The first-order valence-corrected chi connectivity index (χ1v) is 8.78. The fourth-order valence-electron chi connectivity index (χ4n) is 3.23. The molecule has 0 bridgehead atoms. The number of carboxylic acids is 1. The maximum Gasteiger partial charge on any atom is 0.308 e. The van der Waals surface area contributed by atoms with Gasteiger partial charge in [0.2, 0.25) is 5.91 Å². The van der Waals surface area contributed by atoms with E-state index in [-0.39, 0.29) is 30.6 Å². The molecule has 0 spiro atoms. The molecule has 2 N–H and O–H groups in total. The third kappa shape index (κ3) is 3.53. The Labute approximate surface area is 155 Å². The van der Waals surface area contributed by atoms with Crippen molar-refractivity contribution in [1.82, 2.24) is 14.8 Å². The van der Waals surface area contributed by atoms with Crippen LogP contribution in [-0.2, 0) is 9.59 Å². The number of benzene rings is 1. The number of aliphatic carboxylic acids is 1. The average molecular weight is 378 g/mol. The monoisotopic (exact) mass is 377 g/mol. The minimum absolute atomic E-state index is 0.128. The molecule has 1 aromatic carbocycles. The number of carboxylic acid groups (broad SMARTS) is 1. The van der Waals surface area contributed by atoms with E-state index in [2.05, 4.69) is 4.98 Å². The molecule has 1 unspecified atom stereocenters. The van der Waals surface area contributed by atoms with Crippen LogP contribution in [0.4, 0.5) is 0 Å². The lowest BCUT2D eigenvalue weighted by Crippen LogP contribution is -2.47. The van der Waals surface area contributed by atoms with Gasteiger partial charge in [-0.05, 0) is 18.9 Å². The van der Waals surface area contributed by atoms with Gasteiger partial charge in [0.1, 0.15) is 5.69 Å². The van der Waals surface area contributed by atoms with Crippen molar-refractivity contribution in [3.63, 3.8) is 0 Å². The third-order valence-corrected chi connectivity index (χ3v) is 5.09. The summed E-state index contributed by atoms with van der Waals surface area (Å²) >= 11 is 6.30. The Hall–Kier alpha value is -2.54. The second-order valence-electron chi connectivity index (χ2n) is 6.54. The summed E-state index contributed by atoms with van der Waals surface area (Å²) < 4.78 is 0. The normalized spacial score (nSPS) is 17.3. The number of likely N-dealkylation sites (tertiary alicyclic amines) is 1. The van der Waals surface area contributed by atoms with Crippen LogP contribution in [0.5, 0.6) is 0 Å². The van der Waals surface area contributed by atoms with Gasteiger partial charge in [0.15, 0.2) is 0 Å². The van der Waals surface area contributed by atoms with Crippen molar-refractivity contribution < 1.29 is 19.5 Å². The largest absolute Gasteiger partial charge is 0.481 e. The van der Waals surface area contributed by atoms with Gasteiger partial charge in [0, 0.05) is 31.0 Å². The van der Waals surface area contributed by atoms with Gasteiger partial charge in [-0.25, -0.2) is 0 Å². The molecule has 2 aromatic rings. The number of aromatic amines is 1. The highest BCUT2D eigenvalue weighted by Gasteiger charge is 2.29. The van der Waals surface area contributed by atoms with Gasteiger partial charge in [-0.2, -0.15) is 0 Å². The number of rotatable bonds is 4. The number of piperidine rings is 1. The summed E-state index contributed by atoms with van der Waals surface area (Å²) in [6.45, 7) is 0.567. The number of hydrogen-bond acceptors (Lipinski definition) is 3. The van der Waals surface area contributed by atoms with Gasteiger partial charge >= 0.3 is 5.97 Å². The SMILES string of the molecule is CN(CC(=O)N1CCCC(C(=O)O)C1)C(=O)c1[nH]c2ccccc2c1Cl. The molecule has 138 valence electrons. The summed E-state index contributed by atoms with van der Waals surface area (Å²) in [7, 11) is 1.53. The highest BCUT2D eigenvalue weighted by atomic mass is 35.5. The first-order valence-electron chi connectivity index (χ1n) is 8.40. The van der Waals surface area contributed by atoms with Crippen LogP contribution >= 0.6 is 11.6 Å². The van der Waals surface area contributed by atoms with Crippen LogP contribution in [0, 0.1) is 5.92 Å². The van der Waals surface area contributed by atoms with Crippen LogP contribution in [0.1, 0.15) is 23.3 Å². The van der Waals surface area contributed by atoms with E-state index in [1.807, 2.05) is 24.3 Å². The van der Waals surface area contributed by atoms with Crippen LogP contribution in [0.25, 0.3) is 10.9 Å². The van der Waals surface area contributed by atoms with Crippen LogP contribution in [0.15, 0.2) is 24.3 Å². The number of H-pyrrole nitrogens is 1. The number of carbonyl (C=O) groups excluding carboxylic acids is 2. The van der Waals surface area contributed by atoms with E-state index < -0.39 is 11.9 Å². The highest BCUT2D eigenvalue weighted by molar-refractivity contribution is 6.38. The predicted molar refractivity (Wildman–Crippen MR) is 97.2 cm³/mol. The number of fused-ring (bicyclic) bond motifs is 1. The predicted octanol–water partition coefficient (Wildman–Crippen LogP) is 2.22. The zero-order valence-electron chi connectivity index (χ0n) is 14.4. The number of carbonyl (C=O) groups is 3. The van der Waals surface area contributed by atoms with Gasteiger partial charge in [0.25, 0.3) is 5.91 Å². The van der Waals surface area contributed by atoms with E-state index in [0.29, 0.717) is 24.4 Å². The topological polar surface area (TPSA) is 93.7 Å². The molecule has 26 heavy (non-hydrogen) atoms. The zero-order chi connectivity index (χ0) is 18.8. The number of aromatic nitrogens is 1. The van der Waals surface area contributed by atoms with Gasteiger partial charge in [0.05, 0.1) is 17.5 Å². The molecular formula is C18H20ClN3O4. The fourth-order valence-corrected chi connectivity index (χ4v) is 3.52. The summed E-state index contributed by atoms with van der Waals surface area (Å²) in [5, 5.41) is 10.2. The number of amides is 2. The molecule has 7 nitrogen and oxygen atoms in total. The van der Waals surface area contributed by atoms with Crippen molar-refractivity contribution in [1.29, 1.82) is 0 Å². The van der Waals surface area contributed by atoms with E-state index in [1.165, 1.54) is 16.8 Å². The number of likely N-dealkylation sites (N-methyl/N-ethyl adjacent to an activating group) is 1. The maximum absolute atomic E-state index is 12.7. The fraction of sp³-hybridized carbons (Fsp3) is 0.389. The zero-order valence-corrected chi connectivity index (χ0v) is 15.1. The minimum atomic E-state index is -0.892. The molecular weight excluding hydrogens is 358 g/mol. The van der Waals surface area contributed by atoms with Gasteiger partial charge in [-0.1, -0.05) is 29.8 Å². The molecule has 2 amide bonds. The molecule has 1 saturated heterocycles. The summed E-state index contributed by atoms with van der Waals surface area (Å²) in [4.78, 5) is 42.1. The lowest BCUT2D eigenvalue weighted by molar-refractivity contribution is -0.145. The lowest BCUT2D eigenvalue weighted by Gasteiger charge is -2.32. The number of nitrogens with one attached hydrogen (secondary N) is 1. The molecule has 1 aliphatic heterocycles. The average Bonchev–Trinajstić information content (AvgIpc) is 2.98. The maximum atomic E-state index is 12.7. The van der Waals surface area contributed by atoms with E-state index >= 15 is 0 Å². The summed E-state index contributed by atoms with van der Waals surface area (Å²) in [6, 6.07) is 7.31. The molecule has 1 aliphatic rings. The molecule has 0 radical (unpaired) electrons. The van der Waals surface area contributed by atoms with Crippen LogP contribution in [0.3, 0.4) is 0 Å². The van der Waals surface area contributed by atoms with Crippen molar-refractivity contribution >= 4 is 40.3 Å². The van der Waals surface area contributed by atoms with E-state index in [4.69, 9.17) is 16.7 Å². The van der Waals surface area contributed by atoms with Crippen molar-refractivity contribution in [2.24, 2.45) is 5.92 Å². The lowest BCUT2D eigenvalue weighted by atomic mass is 9.98. The summed E-state index contributed by atoms with van der Waals surface area (Å²) in [5.41, 5.74) is 0.992. The Kier molecular flexibility index (Phi) is 5.18. The molecule has 8 heteroatoms. The van der Waals surface area contributed by atoms with E-state index in [1.54, 1.807) is 0 Å². The molecule has 1 fully saturated rings.